The van der Waals surface area contributed by atoms with Gasteiger partial charge in [0.15, 0.2) is 0 Å². The highest BCUT2D eigenvalue weighted by molar-refractivity contribution is 6.33. The Morgan fingerprint density at radius 2 is 2.00 bits per heavy atom. The van der Waals surface area contributed by atoms with E-state index in [4.69, 9.17) is 11.6 Å². The lowest BCUT2D eigenvalue weighted by Gasteiger charge is -2.11. The number of benzene rings is 1. The first-order valence-corrected chi connectivity index (χ1v) is 6.16. The molecule has 2 N–H and O–H groups in total. The second-order valence-electron chi connectivity index (χ2n) is 3.88. The quantitative estimate of drug-likeness (QED) is 0.884. The molecule has 1 aromatic carbocycles. The summed E-state index contributed by atoms with van der Waals surface area (Å²) in [6.07, 6.45) is 1.52. The lowest BCUT2D eigenvalue weighted by atomic mass is 10.2. The van der Waals surface area contributed by atoms with Crippen molar-refractivity contribution >= 4 is 28.9 Å². The summed E-state index contributed by atoms with van der Waals surface area (Å²) >= 11 is 6.16. The molecule has 0 radical (unpaired) electrons. The van der Waals surface area contributed by atoms with Crippen LogP contribution in [0.2, 0.25) is 5.02 Å². The molecule has 1 heterocycles. The van der Waals surface area contributed by atoms with E-state index in [2.05, 4.69) is 20.6 Å². The average molecular weight is 263 g/mol. The van der Waals surface area contributed by atoms with Crippen LogP contribution < -0.4 is 10.6 Å². The van der Waals surface area contributed by atoms with Gasteiger partial charge in [-0.2, -0.15) is 0 Å². The zero-order chi connectivity index (χ0) is 13.0. The average Bonchev–Trinajstić information content (AvgIpc) is 2.35. The Morgan fingerprint density at radius 3 is 2.72 bits per heavy atom. The van der Waals surface area contributed by atoms with Gasteiger partial charge in [0, 0.05) is 12.6 Å². The van der Waals surface area contributed by atoms with Gasteiger partial charge in [0.1, 0.15) is 18.0 Å². The summed E-state index contributed by atoms with van der Waals surface area (Å²) in [5, 5.41) is 7.03. The van der Waals surface area contributed by atoms with Crippen LogP contribution in [0.4, 0.5) is 17.3 Å². The highest BCUT2D eigenvalue weighted by atomic mass is 35.5. The predicted molar refractivity (Wildman–Crippen MR) is 75.7 cm³/mol. The van der Waals surface area contributed by atoms with Gasteiger partial charge in [0.25, 0.3) is 0 Å². The molecule has 2 rings (SSSR count). The SMILES string of the molecule is CCNc1cc(Nc2c(C)cccc2Cl)ncn1. The molecule has 1 aromatic heterocycles. The minimum Gasteiger partial charge on any atom is -0.370 e. The molecule has 18 heavy (non-hydrogen) atoms. The van der Waals surface area contributed by atoms with Crippen LogP contribution in [-0.4, -0.2) is 16.5 Å². The van der Waals surface area contributed by atoms with E-state index >= 15 is 0 Å². The lowest BCUT2D eigenvalue weighted by Crippen LogP contribution is -2.02. The Kier molecular flexibility index (Phi) is 3.99. The smallest absolute Gasteiger partial charge is 0.135 e. The van der Waals surface area contributed by atoms with E-state index < -0.39 is 0 Å². The van der Waals surface area contributed by atoms with Crippen LogP contribution in [0, 0.1) is 6.92 Å². The van der Waals surface area contributed by atoms with E-state index in [9.17, 15) is 0 Å². The van der Waals surface area contributed by atoms with Gasteiger partial charge >= 0.3 is 0 Å². The summed E-state index contributed by atoms with van der Waals surface area (Å²) in [6, 6.07) is 7.63. The zero-order valence-electron chi connectivity index (χ0n) is 10.4. The van der Waals surface area contributed by atoms with Crippen LogP contribution in [0.25, 0.3) is 0 Å². The second-order valence-corrected chi connectivity index (χ2v) is 4.28. The normalized spacial score (nSPS) is 10.2. The number of rotatable bonds is 4. The second kappa shape index (κ2) is 5.69. The van der Waals surface area contributed by atoms with Gasteiger partial charge in [-0.1, -0.05) is 23.7 Å². The molecule has 0 aliphatic carbocycles. The number of hydrogen-bond acceptors (Lipinski definition) is 4. The molecule has 0 amide bonds. The molecule has 0 atom stereocenters. The molecule has 0 saturated heterocycles. The topological polar surface area (TPSA) is 49.8 Å². The third kappa shape index (κ3) is 2.90. The van der Waals surface area contributed by atoms with E-state index in [1.54, 1.807) is 0 Å². The maximum Gasteiger partial charge on any atom is 0.135 e. The van der Waals surface area contributed by atoms with Gasteiger partial charge in [0.05, 0.1) is 10.7 Å². The van der Waals surface area contributed by atoms with Gasteiger partial charge in [0.2, 0.25) is 0 Å². The van der Waals surface area contributed by atoms with Crippen molar-refractivity contribution in [3.05, 3.63) is 41.2 Å². The van der Waals surface area contributed by atoms with Crippen molar-refractivity contribution in [2.24, 2.45) is 0 Å². The standard InChI is InChI=1S/C13H15ClN4/c1-3-15-11-7-12(17-8-16-11)18-13-9(2)5-4-6-10(13)14/h4-8H,3H2,1-2H3,(H2,15,16,17,18). The van der Waals surface area contributed by atoms with Crippen LogP contribution in [0.5, 0.6) is 0 Å². The van der Waals surface area contributed by atoms with Gasteiger partial charge in [-0.25, -0.2) is 9.97 Å². The third-order valence-electron chi connectivity index (χ3n) is 2.50. The van der Waals surface area contributed by atoms with E-state index in [0.717, 1.165) is 29.4 Å². The molecule has 0 aliphatic heterocycles. The maximum absolute atomic E-state index is 6.16. The Hall–Kier alpha value is -1.81. The number of nitrogens with zero attached hydrogens (tertiary/aromatic N) is 2. The van der Waals surface area contributed by atoms with E-state index in [0.29, 0.717) is 5.02 Å². The van der Waals surface area contributed by atoms with Crippen molar-refractivity contribution in [2.75, 3.05) is 17.2 Å². The minimum absolute atomic E-state index is 0.679. The number of aromatic nitrogens is 2. The Bertz CT molecular complexity index is 522. The van der Waals surface area contributed by atoms with Crippen LogP contribution in [0.3, 0.4) is 0 Å². The van der Waals surface area contributed by atoms with Crippen molar-refractivity contribution in [1.82, 2.24) is 9.97 Å². The van der Waals surface area contributed by atoms with Crippen molar-refractivity contribution in [3.63, 3.8) is 0 Å². The fraction of sp³-hybridized carbons (Fsp3) is 0.231. The largest absolute Gasteiger partial charge is 0.370 e. The van der Waals surface area contributed by atoms with Gasteiger partial charge in [-0.05, 0) is 25.5 Å². The monoisotopic (exact) mass is 262 g/mol. The molecule has 0 unspecified atom stereocenters. The summed E-state index contributed by atoms with van der Waals surface area (Å²) in [5.41, 5.74) is 1.95. The van der Waals surface area contributed by atoms with Crippen LogP contribution >= 0.6 is 11.6 Å². The molecule has 94 valence electrons. The first kappa shape index (κ1) is 12.6. The molecule has 5 heteroatoms. The summed E-state index contributed by atoms with van der Waals surface area (Å²) in [7, 11) is 0. The summed E-state index contributed by atoms with van der Waals surface area (Å²) in [6.45, 7) is 4.84. The number of aryl methyl sites for hydroxylation is 1. The van der Waals surface area contributed by atoms with Crippen molar-refractivity contribution in [3.8, 4) is 0 Å². The van der Waals surface area contributed by atoms with E-state index in [1.807, 2.05) is 38.1 Å². The van der Waals surface area contributed by atoms with Crippen LogP contribution in [0.15, 0.2) is 30.6 Å². The number of halogens is 1. The molecule has 0 saturated carbocycles. The highest BCUT2D eigenvalue weighted by Gasteiger charge is 2.05. The molecule has 0 bridgehead atoms. The Balaban J connectivity index is 2.26. The molecular formula is C13H15ClN4. The lowest BCUT2D eigenvalue weighted by molar-refractivity contribution is 1.11. The molecule has 0 aliphatic rings. The molecular weight excluding hydrogens is 248 g/mol. The maximum atomic E-state index is 6.16. The van der Waals surface area contributed by atoms with E-state index in [1.165, 1.54) is 6.33 Å². The molecule has 0 fully saturated rings. The fourth-order valence-electron chi connectivity index (χ4n) is 1.62. The van der Waals surface area contributed by atoms with Gasteiger partial charge < -0.3 is 10.6 Å². The third-order valence-corrected chi connectivity index (χ3v) is 2.81. The summed E-state index contributed by atoms with van der Waals surface area (Å²) < 4.78 is 0. The molecule has 0 spiro atoms. The molecule has 4 nitrogen and oxygen atoms in total. The first-order valence-electron chi connectivity index (χ1n) is 5.78. The zero-order valence-corrected chi connectivity index (χ0v) is 11.1. The summed E-state index contributed by atoms with van der Waals surface area (Å²) in [5.74, 6) is 1.51. The van der Waals surface area contributed by atoms with Crippen molar-refractivity contribution in [1.29, 1.82) is 0 Å². The van der Waals surface area contributed by atoms with Crippen molar-refractivity contribution in [2.45, 2.75) is 13.8 Å². The van der Waals surface area contributed by atoms with Crippen LogP contribution in [-0.2, 0) is 0 Å². The summed E-state index contributed by atoms with van der Waals surface area (Å²) in [4.78, 5) is 8.30. The van der Waals surface area contributed by atoms with Gasteiger partial charge in [-0.15, -0.1) is 0 Å². The number of anilines is 3. The fourth-order valence-corrected chi connectivity index (χ4v) is 1.89. The minimum atomic E-state index is 0.679. The van der Waals surface area contributed by atoms with Gasteiger partial charge in [-0.3, -0.25) is 0 Å². The number of hydrogen-bond donors (Lipinski definition) is 2. The number of nitrogens with one attached hydrogen (secondary N) is 2. The predicted octanol–water partition coefficient (Wildman–Crippen LogP) is 3.61. The van der Waals surface area contributed by atoms with Crippen molar-refractivity contribution < 1.29 is 0 Å². The number of para-hydroxylation sites is 1. The molecule has 2 aromatic rings. The first-order chi connectivity index (χ1) is 8.70. The highest BCUT2D eigenvalue weighted by Crippen LogP contribution is 2.28. The van der Waals surface area contributed by atoms with E-state index in [-0.39, 0.29) is 0 Å². The Labute approximate surface area is 111 Å². The van der Waals surface area contributed by atoms with Crippen LogP contribution in [0.1, 0.15) is 12.5 Å². The Morgan fingerprint density at radius 1 is 1.22 bits per heavy atom.